The molecule has 1 amide bonds. The molecule has 3 nitrogen and oxygen atoms in total. The number of nitrogens with zero attached hydrogens (tertiary/aromatic N) is 2. The molecule has 0 N–H and O–H groups in total. The molecule has 1 aliphatic heterocycles. The molecule has 2 rings (SSSR count). The van der Waals surface area contributed by atoms with Gasteiger partial charge in [0.25, 0.3) is 5.91 Å². The molecule has 1 aromatic rings. The number of rotatable bonds is 2. The molecule has 0 aliphatic carbocycles. The van der Waals surface area contributed by atoms with Crippen LogP contribution in [-0.4, -0.2) is 39.9 Å². The Bertz CT molecular complexity index is 413. The zero-order chi connectivity index (χ0) is 12.3. The van der Waals surface area contributed by atoms with E-state index in [1.54, 1.807) is 18.3 Å². The van der Waals surface area contributed by atoms with E-state index in [-0.39, 0.29) is 5.91 Å². The Balaban J connectivity index is 2.12. The van der Waals surface area contributed by atoms with Crippen LogP contribution in [0.25, 0.3) is 0 Å². The Kier molecular flexibility index (Phi) is 4.29. The molecule has 1 fully saturated rings. The number of amides is 1. The van der Waals surface area contributed by atoms with Crippen molar-refractivity contribution in [1.29, 1.82) is 0 Å². The Morgan fingerprint density at radius 3 is 3.24 bits per heavy atom. The van der Waals surface area contributed by atoms with E-state index in [0.29, 0.717) is 16.0 Å². The van der Waals surface area contributed by atoms with E-state index in [0.717, 1.165) is 25.3 Å². The molecule has 1 aromatic heterocycles. The number of aromatic nitrogens is 1. The van der Waals surface area contributed by atoms with Gasteiger partial charge in [0, 0.05) is 30.3 Å². The Morgan fingerprint density at radius 2 is 2.53 bits per heavy atom. The Morgan fingerprint density at radius 1 is 1.71 bits per heavy atom. The number of hydrogen-bond acceptors (Lipinski definition) is 3. The molecule has 5 heteroatoms. The van der Waals surface area contributed by atoms with E-state index in [1.807, 2.05) is 16.7 Å². The third kappa shape index (κ3) is 2.93. The Hall–Kier alpha value is -0.740. The third-order valence-corrected chi connectivity index (χ3v) is 4.54. The highest BCUT2D eigenvalue weighted by molar-refractivity contribution is 8.00. The lowest BCUT2D eigenvalue weighted by atomic mass is 10.2. The third-order valence-electron chi connectivity index (χ3n) is 2.87. The van der Waals surface area contributed by atoms with E-state index in [9.17, 15) is 4.79 Å². The molecule has 0 bridgehead atoms. The van der Waals surface area contributed by atoms with Crippen molar-refractivity contribution in [2.45, 2.75) is 18.6 Å². The zero-order valence-electron chi connectivity index (χ0n) is 9.73. The van der Waals surface area contributed by atoms with Crippen LogP contribution in [0.1, 0.15) is 23.7 Å². The standard InChI is InChI=1S/C12H15ClN2OS/c1-2-9-8-15(6-7-17-9)12(16)10-4-3-5-14-11(10)13/h3-5,9H,2,6-8H2,1H3. The second kappa shape index (κ2) is 5.74. The molecule has 1 atom stereocenters. The van der Waals surface area contributed by atoms with Crippen LogP contribution in [-0.2, 0) is 0 Å². The van der Waals surface area contributed by atoms with Crippen LogP contribution in [0.3, 0.4) is 0 Å². The van der Waals surface area contributed by atoms with Gasteiger partial charge >= 0.3 is 0 Å². The number of halogens is 1. The summed E-state index contributed by atoms with van der Waals surface area (Å²) in [4.78, 5) is 18.1. The van der Waals surface area contributed by atoms with Crippen molar-refractivity contribution in [3.8, 4) is 0 Å². The predicted octanol–water partition coefficient (Wildman–Crippen LogP) is 2.70. The topological polar surface area (TPSA) is 33.2 Å². The molecule has 0 radical (unpaired) electrons. The van der Waals surface area contributed by atoms with Gasteiger partial charge in [-0.3, -0.25) is 4.79 Å². The minimum absolute atomic E-state index is 0.00171. The number of hydrogen-bond donors (Lipinski definition) is 0. The number of thioether (sulfide) groups is 1. The van der Waals surface area contributed by atoms with Gasteiger partial charge in [-0.15, -0.1) is 0 Å². The maximum atomic E-state index is 12.3. The van der Waals surface area contributed by atoms with Gasteiger partial charge in [0.1, 0.15) is 5.15 Å². The number of pyridine rings is 1. The summed E-state index contributed by atoms with van der Waals surface area (Å²) in [7, 11) is 0. The first kappa shape index (κ1) is 12.7. The zero-order valence-corrected chi connectivity index (χ0v) is 11.3. The van der Waals surface area contributed by atoms with Crippen molar-refractivity contribution in [3.05, 3.63) is 29.0 Å². The average molecular weight is 271 g/mol. The van der Waals surface area contributed by atoms with Crippen molar-refractivity contribution in [1.82, 2.24) is 9.88 Å². The van der Waals surface area contributed by atoms with Crippen LogP contribution >= 0.6 is 23.4 Å². The monoisotopic (exact) mass is 270 g/mol. The van der Waals surface area contributed by atoms with Crippen LogP contribution in [0.15, 0.2) is 18.3 Å². The van der Waals surface area contributed by atoms with Gasteiger partial charge in [-0.1, -0.05) is 18.5 Å². The lowest BCUT2D eigenvalue weighted by Crippen LogP contribution is -2.41. The first-order valence-corrected chi connectivity index (χ1v) is 7.16. The van der Waals surface area contributed by atoms with E-state index in [2.05, 4.69) is 11.9 Å². The summed E-state index contributed by atoms with van der Waals surface area (Å²) in [6.07, 6.45) is 2.69. The van der Waals surface area contributed by atoms with Gasteiger partial charge in [-0.2, -0.15) is 11.8 Å². The molecule has 92 valence electrons. The fraction of sp³-hybridized carbons (Fsp3) is 0.500. The average Bonchev–Trinajstić information content (AvgIpc) is 2.38. The molecule has 0 spiro atoms. The van der Waals surface area contributed by atoms with Gasteiger partial charge in [-0.25, -0.2) is 4.98 Å². The smallest absolute Gasteiger partial charge is 0.257 e. The molecule has 1 saturated heterocycles. The molecule has 0 aromatic carbocycles. The summed E-state index contributed by atoms with van der Waals surface area (Å²) < 4.78 is 0. The molecule has 1 aliphatic rings. The second-order valence-electron chi connectivity index (χ2n) is 3.99. The van der Waals surface area contributed by atoms with Crippen LogP contribution in [0.2, 0.25) is 5.15 Å². The quantitative estimate of drug-likeness (QED) is 0.775. The van der Waals surface area contributed by atoms with Crippen LogP contribution in [0.5, 0.6) is 0 Å². The van der Waals surface area contributed by atoms with E-state index < -0.39 is 0 Å². The van der Waals surface area contributed by atoms with Gasteiger partial charge in [0.15, 0.2) is 0 Å². The number of carbonyl (C=O) groups excluding carboxylic acids is 1. The molecule has 1 unspecified atom stereocenters. The Labute approximate surface area is 111 Å². The van der Waals surface area contributed by atoms with E-state index in [4.69, 9.17) is 11.6 Å². The normalized spacial score (nSPS) is 20.4. The minimum atomic E-state index is 0.00171. The first-order valence-electron chi connectivity index (χ1n) is 5.73. The molecule has 0 saturated carbocycles. The lowest BCUT2D eigenvalue weighted by molar-refractivity contribution is 0.0760. The lowest BCUT2D eigenvalue weighted by Gasteiger charge is -2.32. The summed E-state index contributed by atoms with van der Waals surface area (Å²) in [5, 5.41) is 0.840. The molecule has 17 heavy (non-hydrogen) atoms. The van der Waals surface area contributed by atoms with Crippen LogP contribution < -0.4 is 0 Å². The summed E-state index contributed by atoms with van der Waals surface area (Å²) in [6, 6.07) is 3.48. The van der Waals surface area contributed by atoms with Gasteiger partial charge in [-0.05, 0) is 18.6 Å². The minimum Gasteiger partial charge on any atom is -0.337 e. The summed E-state index contributed by atoms with van der Waals surface area (Å²) in [5.74, 6) is 1.00. The van der Waals surface area contributed by atoms with Crippen LogP contribution in [0.4, 0.5) is 0 Å². The maximum absolute atomic E-state index is 12.3. The first-order chi connectivity index (χ1) is 8.22. The maximum Gasteiger partial charge on any atom is 0.257 e. The summed E-state index contributed by atoms with van der Waals surface area (Å²) in [5.41, 5.74) is 0.510. The van der Waals surface area contributed by atoms with Crippen molar-refractivity contribution in [2.75, 3.05) is 18.8 Å². The highest BCUT2D eigenvalue weighted by Crippen LogP contribution is 2.23. The van der Waals surface area contributed by atoms with Crippen molar-refractivity contribution >= 4 is 29.3 Å². The summed E-state index contributed by atoms with van der Waals surface area (Å²) >= 11 is 7.89. The molecular weight excluding hydrogens is 256 g/mol. The highest BCUT2D eigenvalue weighted by Gasteiger charge is 2.25. The molecular formula is C12H15ClN2OS. The van der Waals surface area contributed by atoms with Gasteiger partial charge in [0.05, 0.1) is 5.56 Å². The van der Waals surface area contributed by atoms with Crippen molar-refractivity contribution < 1.29 is 4.79 Å². The van der Waals surface area contributed by atoms with Gasteiger partial charge < -0.3 is 4.90 Å². The van der Waals surface area contributed by atoms with Gasteiger partial charge in [0.2, 0.25) is 0 Å². The fourth-order valence-corrected chi connectivity index (χ4v) is 3.25. The van der Waals surface area contributed by atoms with E-state index >= 15 is 0 Å². The van der Waals surface area contributed by atoms with Crippen molar-refractivity contribution in [2.24, 2.45) is 0 Å². The molecule has 2 heterocycles. The van der Waals surface area contributed by atoms with Crippen molar-refractivity contribution in [3.63, 3.8) is 0 Å². The summed E-state index contributed by atoms with van der Waals surface area (Å²) in [6.45, 7) is 3.76. The van der Waals surface area contributed by atoms with E-state index in [1.165, 1.54) is 0 Å². The largest absolute Gasteiger partial charge is 0.337 e. The predicted molar refractivity (Wildman–Crippen MR) is 71.7 cm³/mol. The fourth-order valence-electron chi connectivity index (χ4n) is 1.87. The second-order valence-corrected chi connectivity index (χ2v) is 5.76. The number of carbonyl (C=O) groups is 1. The SMILES string of the molecule is CCC1CN(C(=O)c2cccnc2Cl)CCS1. The van der Waals surface area contributed by atoms with Crippen LogP contribution in [0, 0.1) is 0 Å². The highest BCUT2D eigenvalue weighted by atomic mass is 35.5.